The highest BCUT2D eigenvalue weighted by atomic mass is 16.7. The average Bonchev–Trinajstić information content (AvgIpc) is 2.40. The lowest BCUT2D eigenvalue weighted by molar-refractivity contribution is 0.144. The van der Waals surface area contributed by atoms with Gasteiger partial charge in [0.15, 0.2) is 0 Å². The summed E-state index contributed by atoms with van der Waals surface area (Å²) in [5.74, 6) is 0. The van der Waals surface area contributed by atoms with Crippen LogP contribution in [0.3, 0.4) is 0 Å². The number of rotatable bonds is 1. The van der Waals surface area contributed by atoms with Crippen LogP contribution in [-0.4, -0.2) is 10.8 Å². The molecule has 1 amide bonds. The topological polar surface area (TPSA) is 60.7 Å². The number of nitroso groups, excluding NO2 is 1. The number of aromatic nitrogens is 1. The highest BCUT2D eigenvalue weighted by Crippen LogP contribution is 1.86. The first-order chi connectivity index (χ1) is 4.83. The first kappa shape index (κ1) is 6.47. The molecule has 0 aromatic carbocycles. The molecule has 1 rings (SSSR count). The molecule has 0 atom stereocenters. The molecule has 0 fully saturated rings. The Hall–Kier alpha value is -1.65. The predicted molar refractivity (Wildman–Crippen MR) is 32.2 cm³/mol. The molecule has 0 aliphatic carbocycles. The van der Waals surface area contributed by atoms with Crippen molar-refractivity contribution in [3.8, 4) is 0 Å². The fourth-order valence-corrected chi connectivity index (χ4v) is 0.486. The summed E-state index contributed by atoms with van der Waals surface area (Å²) in [4.78, 5) is 24.0. The Labute approximate surface area is 56.1 Å². The Bertz CT molecular complexity index is 229. The van der Waals surface area contributed by atoms with Gasteiger partial charge in [-0.25, -0.2) is 4.79 Å². The van der Waals surface area contributed by atoms with Gasteiger partial charge in [0.2, 0.25) is 0 Å². The van der Waals surface area contributed by atoms with Crippen LogP contribution in [0.4, 0.5) is 4.79 Å². The van der Waals surface area contributed by atoms with E-state index in [-0.39, 0.29) is 0 Å². The minimum atomic E-state index is -1.16. The quantitative estimate of drug-likeness (QED) is 0.542. The third-order valence-electron chi connectivity index (χ3n) is 0.835. The van der Waals surface area contributed by atoms with Crippen LogP contribution in [0.15, 0.2) is 29.7 Å². The zero-order valence-corrected chi connectivity index (χ0v) is 4.93. The molecule has 0 aliphatic rings. The van der Waals surface area contributed by atoms with E-state index in [1.807, 2.05) is 5.18 Å². The van der Waals surface area contributed by atoms with Gasteiger partial charge in [-0.15, -0.1) is 4.91 Å². The second kappa shape index (κ2) is 2.77. The van der Waals surface area contributed by atoms with Crippen molar-refractivity contribution >= 4 is 6.09 Å². The van der Waals surface area contributed by atoms with Crippen molar-refractivity contribution in [1.29, 1.82) is 0 Å². The summed E-state index contributed by atoms with van der Waals surface area (Å²) in [6.07, 6.45) is 1.79. The normalized spacial score (nSPS) is 8.80. The lowest BCUT2D eigenvalue weighted by Gasteiger charge is -1.95. The SMILES string of the molecule is O=NC(=O)On1cccc1. The second-order valence-electron chi connectivity index (χ2n) is 1.49. The van der Waals surface area contributed by atoms with Crippen molar-refractivity contribution in [2.75, 3.05) is 0 Å². The van der Waals surface area contributed by atoms with Crippen LogP contribution < -0.4 is 4.84 Å². The van der Waals surface area contributed by atoms with Crippen molar-refractivity contribution in [2.45, 2.75) is 0 Å². The molecule has 1 aromatic rings. The van der Waals surface area contributed by atoms with Crippen molar-refractivity contribution in [2.24, 2.45) is 5.18 Å². The van der Waals surface area contributed by atoms with E-state index < -0.39 is 6.09 Å². The largest absolute Gasteiger partial charge is 0.495 e. The van der Waals surface area contributed by atoms with E-state index in [0.29, 0.717) is 0 Å². The molecule has 0 aliphatic heterocycles. The van der Waals surface area contributed by atoms with Gasteiger partial charge >= 0.3 is 6.09 Å². The van der Waals surface area contributed by atoms with Gasteiger partial charge in [0.25, 0.3) is 0 Å². The van der Waals surface area contributed by atoms with Crippen LogP contribution in [0.1, 0.15) is 0 Å². The van der Waals surface area contributed by atoms with Crippen LogP contribution in [0, 0.1) is 4.91 Å². The van der Waals surface area contributed by atoms with E-state index in [9.17, 15) is 9.70 Å². The minimum absolute atomic E-state index is 1.09. The number of hydrogen-bond acceptors (Lipinski definition) is 3. The third-order valence-corrected chi connectivity index (χ3v) is 0.835. The van der Waals surface area contributed by atoms with Crippen molar-refractivity contribution < 1.29 is 9.63 Å². The molecule has 5 nitrogen and oxygen atoms in total. The van der Waals surface area contributed by atoms with Crippen molar-refractivity contribution in [3.05, 3.63) is 29.4 Å². The summed E-state index contributed by atoms with van der Waals surface area (Å²) in [5.41, 5.74) is 0. The summed E-state index contributed by atoms with van der Waals surface area (Å²) in [5, 5.41) is 2.03. The first-order valence-electron chi connectivity index (χ1n) is 2.51. The van der Waals surface area contributed by atoms with Gasteiger partial charge in [-0.1, -0.05) is 0 Å². The number of carbonyl (C=O) groups is 1. The van der Waals surface area contributed by atoms with Crippen LogP contribution >= 0.6 is 0 Å². The van der Waals surface area contributed by atoms with E-state index in [0.717, 1.165) is 4.73 Å². The number of carbonyl (C=O) groups excluding carboxylic acids is 1. The van der Waals surface area contributed by atoms with E-state index >= 15 is 0 Å². The van der Waals surface area contributed by atoms with Crippen LogP contribution in [-0.2, 0) is 0 Å². The summed E-state index contributed by atoms with van der Waals surface area (Å²) >= 11 is 0. The third kappa shape index (κ3) is 1.41. The maximum absolute atomic E-state index is 10.2. The van der Waals surface area contributed by atoms with Crippen LogP contribution in [0.2, 0.25) is 0 Å². The number of nitrogens with zero attached hydrogens (tertiary/aromatic N) is 2. The summed E-state index contributed by atoms with van der Waals surface area (Å²) in [7, 11) is 0. The first-order valence-corrected chi connectivity index (χ1v) is 2.51. The Morgan fingerprint density at radius 2 is 2.00 bits per heavy atom. The molecule has 0 saturated carbocycles. The van der Waals surface area contributed by atoms with Gasteiger partial charge in [-0.2, -0.15) is 4.73 Å². The van der Waals surface area contributed by atoms with Gasteiger partial charge in [-0.05, 0) is 12.1 Å². The van der Waals surface area contributed by atoms with Gasteiger partial charge in [0.05, 0.1) is 5.18 Å². The molecule has 0 radical (unpaired) electrons. The minimum Gasteiger partial charge on any atom is -0.314 e. The molecule has 1 heterocycles. The van der Waals surface area contributed by atoms with Crippen LogP contribution in [0.5, 0.6) is 0 Å². The molecule has 0 bridgehead atoms. The van der Waals surface area contributed by atoms with Crippen molar-refractivity contribution in [1.82, 2.24) is 4.73 Å². The summed E-state index contributed by atoms with van der Waals surface area (Å²) in [6, 6.07) is 3.30. The number of hydrogen-bond donors (Lipinski definition) is 0. The van der Waals surface area contributed by atoms with Gasteiger partial charge < -0.3 is 4.84 Å². The Kier molecular flexibility index (Phi) is 1.79. The predicted octanol–water partition coefficient (Wildman–Crippen LogP) is 0.803. The number of amides is 1. The van der Waals surface area contributed by atoms with E-state index in [1.54, 1.807) is 12.1 Å². The highest BCUT2D eigenvalue weighted by Gasteiger charge is 1.99. The van der Waals surface area contributed by atoms with Gasteiger partial charge in [0, 0.05) is 12.4 Å². The second-order valence-corrected chi connectivity index (χ2v) is 1.49. The maximum atomic E-state index is 10.2. The van der Waals surface area contributed by atoms with Gasteiger partial charge in [0.1, 0.15) is 0 Å². The molecule has 52 valence electrons. The Morgan fingerprint density at radius 1 is 1.40 bits per heavy atom. The monoisotopic (exact) mass is 140 g/mol. The molecule has 0 N–H and O–H groups in total. The van der Waals surface area contributed by atoms with E-state index in [2.05, 4.69) is 4.84 Å². The lowest BCUT2D eigenvalue weighted by atomic mass is 10.7. The zero-order valence-electron chi connectivity index (χ0n) is 4.93. The fourth-order valence-electron chi connectivity index (χ4n) is 0.486. The molecule has 0 unspecified atom stereocenters. The van der Waals surface area contributed by atoms with E-state index in [1.165, 1.54) is 12.4 Å². The van der Waals surface area contributed by atoms with Crippen molar-refractivity contribution in [3.63, 3.8) is 0 Å². The smallest absolute Gasteiger partial charge is 0.314 e. The van der Waals surface area contributed by atoms with Gasteiger partial charge in [-0.3, -0.25) is 0 Å². The lowest BCUT2D eigenvalue weighted by Crippen LogP contribution is -2.13. The molecule has 0 spiro atoms. The molecule has 1 aromatic heterocycles. The van der Waals surface area contributed by atoms with Crippen LogP contribution in [0.25, 0.3) is 0 Å². The highest BCUT2D eigenvalue weighted by molar-refractivity contribution is 5.67. The fraction of sp³-hybridized carbons (Fsp3) is 0. The molecule has 5 heteroatoms. The molecule has 0 saturated heterocycles. The Morgan fingerprint density at radius 3 is 2.50 bits per heavy atom. The molecular weight excluding hydrogens is 136 g/mol. The summed E-state index contributed by atoms with van der Waals surface area (Å²) < 4.78 is 1.09. The standard InChI is InChI=1S/C5H4N2O3/c8-5(6-9)10-7-3-1-2-4-7/h1-4H. The van der Waals surface area contributed by atoms with E-state index in [4.69, 9.17) is 0 Å². The molecule has 10 heavy (non-hydrogen) atoms. The average molecular weight is 140 g/mol. The zero-order chi connectivity index (χ0) is 7.40. The molecular formula is C5H4N2O3. The maximum Gasteiger partial charge on any atom is 0.495 e. The summed E-state index contributed by atoms with van der Waals surface area (Å²) in [6.45, 7) is 0. The Balaban J connectivity index is 2.56.